The summed E-state index contributed by atoms with van der Waals surface area (Å²) in [6.07, 6.45) is 0.678. The maximum Gasteiger partial charge on any atom is 0.358 e. The molecule has 0 saturated heterocycles. The molecule has 0 fully saturated rings. The monoisotopic (exact) mass is 264 g/mol. The SMILES string of the molecule is O=C(O)c1cc(CNCCc2cccc(F)c2)on1. The number of carbonyl (C=O) groups is 1. The number of rotatable bonds is 6. The Morgan fingerprint density at radius 2 is 2.26 bits per heavy atom. The fraction of sp³-hybridized carbons (Fsp3) is 0.231. The van der Waals surface area contributed by atoms with Crippen LogP contribution in [0.15, 0.2) is 34.9 Å². The van der Waals surface area contributed by atoms with Crippen LogP contribution in [0.4, 0.5) is 4.39 Å². The summed E-state index contributed by atoms with van der Waals surface area (Å²) in [6, 6.07) is 7.77. The van der Waals surface area contributed by atoms with Crippen molar-refractivity contribution in [1.29, 1.82) is 0 Å². The van der Waals surface area contributed by atoms with Crippen LogP contribution in [0, 0.1) is 5.82 Å². The maximum atomic E-state index is 12.9. The van der Waals surface area contributed by atoms with E-state index in [9.17, 15) is 9.18 Å². The van der Waals surface area contributed by atoms with Crippen LogP contribution >= 0.6 is 0 Å². The summed E-state index contributed by atoms with van der Waals surface area (Å²) in [4.78, 5) is 10.6. The molecule has 5 nitrogen and oxygen atoms in total. The van der Waals surface area contributed by atoms with Crippen LogP contribution in [0.3, 0.4) is 0 Å². The van der Waals surface area contributed by atoms with Gasteiger partial charge in [0, 0.05) is 6.07 Å². The number of halogens is 1. The molecule has 1 heterocycles. The molecule has 2 rings (SSSR count). The zero-order chi connectivity index (χ0) is 13.7. The van der Waals surface area contributed by atoms with E-state index in [1.165, 1.54) is 18.2 Å². The summed E-state index contributed by atoms with van der Waals surface area (Å²) >= 11 is 0. The second-order valence-electron chi connectivity index (χ2n) is 4.04. The van der Waals surface area contributed by atoms with Crippen molar-refractivity contribution in [1.82, 2.24) is 10.5 Å². The van der Waals surface area contributed by atoms with E-state index in [0.717, 1.165) is 5.56 Å². The summed E-state index contributed by atoms with van der Waals surface area (Å²) in [6.45, 7) is 1.02. The number of hydrogen-bond acceptors (Lipinski definition) is 4. The van der Waals surface area contributed by atoms with Gasteiger partial charge in [-0.2, -0.15) is 0 Å². The van der Waals surface area contributed by atoms with Crippen molar-refractivity contribution in [2.75, 3.05) is 6.54 Å². The van der Waals surface area contributed by atoms with Gasteiger partial charge in [0.05, 0.1) is 6.54 Å². The zero-order valence-electron chi connectivity index (χ0n) is 10.1. The summed E-state index contributed by atoms with van der Waals surface area (Å²) in [5.74, 6) is -0.912. The molecule has 1 aromatic carbocycles. The molecule has 100 valence electrons. The standard InChI is InChI=1S/C13H13FN2O3/c14-10-3-1-2-9(6-10)4-5-15-8-11-7-12(13(17)18)16-19-11/h1-3,6-7,15H,4-5,8H2,(H,17,18). The predicted molar refractivity (Wildman–Crippen MR) is 65.3 cm³/mol. The number of carboxylic acids is 1. The Kier molecular flexibility index (Phi) is 4.25. The Bertz CT molecular complexity index is 569. The molecule has 19 heavy (non-hydrogen) atoms. The van der Waals surface area contributed by atoms with Crippen LogP contribution < -0.4 is 5.32 Å². The van der Waals surface area contributed by atoms with Crippen LogP contribution in [0.2, 0.25) is 0 Å². The van der Waals surface area contributed by atoms with E-state index in [1.54, 1.807) is 6.07 Å². The molecule has 2 aromatic rings. The van der Waals surface area contributed by atoms with Crippen LogP contribution in [-0.2, 0) is 13.0 Å². The van der Waals surface area contributed by atoms with E-state index in [2.05, 4.69) is 10.5 Å². The van der Waals surface area contributed by atoms with E-state index in [0.29, 0.717) is 25.3 Å². The van der Waals surface area contributed by atoms with E-state index >= 15 is 0 Å². The number of nitrogens with zero attached hydrogens (tertiary/aromatic N) is 1. The maximum absolute atomic E-state index is 12.9. The van der Waals surface area contributed by atoms with E-state index in [-0.39, 0.29) is 11.5 Å². The fourth-order valence-corrected chi connectivity index (χ4v) is 1.63. The molecule has 0 spiro atoms. The lowest BCUT2D eigenvalue weighted by Crippen LogP contribution is -2.16. The Balaban J connectivity index is 1.76. The van der Waals surface area contributed by atoms with Gasteiger partial charge in [0.2, 0.25) is 0 Å². The zero-order valence-corrected chi connectivity index (χ0v) is 10.1. The fourth-order valence-electron chi connectivity index (χ4n) is 1.63. The first-order valence-corrected chi connectivity index (χ1v) is 5.79. The smallest absolute Gasteiger partial charge is 0.358 e. The molecule has 6 heteroatoms. The van der Waals surface area contributed by atoms with E-state index in [4.69, 9.17) is 9.63 Å². The lowest BCUT2D eigenvalue weighted by molar-refractivity contribution is 0.0685. The molecule has 0 atom stereocenters. The van der Waals surface area contributed by atoms with Crippen molar-refractivity contribution in [3.8, 4) is 0 Å². The van der Waals surface area contributed by atoms with Gasteiger partial charge < -0.3 is 14.9 Å². The molecule has 0 amide bonds. The molecule has 2 N–H and O–H groups in total. The quantitative estimate of drug-likeness (QED) is 0.779. The molecule has 1 aromatic heterocycles. The molecule has 0 aliphatic rings. The Morgan fingerprint density at radius 3 is 2.95 bits per heavy atom. The van der Waals surface area contributed by atoms with Crippen LogP contribution in [0.5, 0.6) is 0 Å². The minimum Gasteiger partial charge on any atom is -0.476 e. The lowest BCUT2D eigenvalue weighted by Gasteiger charge is -2.02. The normalized spacial score (nSPS) is 10.6. The highest BCUT2D eigenvalue weighted by Crippen LogP contribution is 2.05. The lowest BCUT2D eigenvalue weighted by atomic mass is 10.1. The van der Waals surface area contributed by atoms with Gasteiger partial charge in [-0.25, -0.2) is 9.18 Å². The minimum absolute atomic E-state index is 0.109. The Hall–Kier alpha value is -2.21. The van der Waals surface area contributed by atoms with Crippen molar-refractivity contribution < 1.29 is 18.8 Å². The molecular weight excluding hydrogens is 251 g/mol. The number of carboxylic acid groups (broad SMARTS) is 1. The molecule has 0 radical (unpaired) electrons. The predicted octanol–water partition coefficient (Wildman–Crippen LogP) is 1.84. The van der Waals surface area contributed by atoms with Crippen LogP contribution in [0.1, 0.15) is 21.8 Å². The van der Waals surface area contributed by atoms with Gasteiger partial charge in [0.15, 0.2) is 11.5 Å². The van der Waals surface area contributed by atoms with Gasteiger partial charge in [-0.15, -0.1) is 0 Å². The highest BCUT2D eigenvalue weighted by molar-refractivity contribution is 5.85. The first-order chi connectivity index (χ1) is 9.15. The number of nitrogens with one attached hydrogen (secondary N) is 1. The Labute approximate surface area is 109 Å². The van der Waals surface area contributed by atoms with Crippen molar-refractivity contribution in [3.05, 3.63) is 53.2 Å². The Morgan fingerprint density at radius 1 is 1.42 bits per heavy atom. The first kappa shape index (κ1) is 13.2. The van der Waals surface area contributed by atoms with E-state index in [1.807, 2.05) is 6.07 Å². The van der Waals surface area contributed by atoms with Gasteiger partial charge in [0.25, 0.3) is 0 Å². The average molecular weight is 264 g/mol. The van der Waals surface area contributed by atoms with Gasteiger partial charge in [-0.05, 0) is 30.7 Å². The molecular formula is C13H13FN2O3. The molecule has 0 bridgehead atoms. The number of benzene rings is 1. The summed E-state index contributed by atoms with van der Waals surface area (Å²) < 4.78 is 17.8. The summed E-state index contributed by atoms with van der Waals surface area (Å²) in [5, 5.41) is 15.1. The van der Waals surface area contributed by atoms with Crippen molar-refractivity contribution in [2.24, 2.45) is 0 Å². The summed E-state index contributed by atoms with van der Waals surface area (Å²) in [5.41, 5.74) is 0.790. The second kappa shape index (κ2) is 6.10. The third kappa shape index (κ3) is 3.89. The molecule has 0 unspecified atom stereocenters. The molecule has 0 aliphatic heterocycles. The van der Waals surface area contributed by atoms with Gasteiger partial charge in [-0.3, -0.25) is 0 Å². The van der Waals surface area contributed by atoms with Gasteiger partial charge in [0.1, 0.15) is 5.82 Å². The highest BCUT2D eigenvalue weighted by Gasteiger charge is 2.09. The molecule has 0 aliphatic carbocycles. The van der Waals surface area contributed by atoms with Crippen molar-refractivity contribution in [3.63, 3.8) is 0 Å². The first-order valence-electron chi connectivity index (χ1n) is 5.79. The number of aromatic carboxylic acids is 1. The number of aromatic nitrogens is 1. The van der Waals surface area contributed by atoms with Crippen LogP contribution in [-0.4, -0.2) is 22.8 Å². The van der Waals surface area contributed by atoms with Gasteiger partial charge >= 0.3 is 5.97 Å². The van der Waals surface area contributed by atoms with Crippen LogP contribution in [0.25, 0.3) is 0 Å². The minimum atomic E-state index is -1.12. The van der Waals surface area contributed by atoms with Crippen molar-refractivity contribution in [2.45, 2.75) is 13.0 Å². The molecule has 0 saturated carbocycles. The van der Waals surface area contributed by atoms with Crippen molar-refractivity contribution >= 4 is 5.97 Å². The second-order valence-corrected chi connectivity index (χ2v) is 4.04. The largest absolute Gasteiger partial charge is 0.476 e. The topological polar surface area (TPSA) is 75.4 Å². The average Bonchev–Trinajstić information content (AvgIpc) is 2.84. The highest BCUT2D eigenvalue weighted by atomic mass is 19.1. The third-order valence-corrected chi connectivity index (χ3v) is 2.56. The number of hydrogen-bond donors (Lipinski definition) is 2. The third-order valence-electron chi connectivity index (χ3n) is 2.56. The summed E-state index contributed by atoms with van der Waals surface area (Å²) in [7, 11) is 0. The van der Waals surface area contributed by atoms with Gasteiger partial charge in [-0.1, -0.05) is 17.3 Å². The van der Waals surface area contributed by atoms with E-state index < -0.39 is 5.97 Å².